The predicted molar refractivity (Wildman–Crippen MR) is 97.9 cm³/mol. The normalized spacial score (nSPS) is 14.1. The van der Waals surface area contributed by atoms with Gasteiger partial charge in [0.2, 0.25) is 5.76 Å². The van der Waals surface area contributed by atoms with E-state index in [4.69, 9.17) is 13.9 Å². The predicted octanol–water partition coefficient (Wildman–Crippen LogP) is 2.04. The Morgan fingerprint density at radius 3 is 2.56 bits per heavy atom. The SMILES string of the molecule is CCc1nc(C)c(C(=O)Nc2ccc(OCC(=O)N3CCOCC3)cc2)o1. The molecule has 144 valence electrons. The van der Waals surface area contributed by atoms with E-state index in [1.54, 1.807) is 36.1 Å². The van der Waals surface area contributed by atoms with Crippen molar-refractivity contribution in [3.8, 4) is 5.75 Å². The van der Waals surface area contributed by atoms with Crippen molar-refractivity contribution in [2.24, 2.45) is 0 Å². The van der Waals surface area contributed by atoms with Gasteiger partial charge in [-0.25, -0.2) is 4.98 Å². The van der Waals surface area contributed by atoms with E-state index in [1.807, 2.05) is 6.92 Å². The van der Waals surface area contributed by atoms with Gasteiger partial charge in [-0.2, -0.15) is 0 Å². The number of anilines is 1. The maximum absolute atomic E-state index is 12.3. The Morgan fingerprint density at radius 2 is 1.93 bits per heavy atom. The number of hydrogen-bond acceptors (Lipinski definition) is 6. The number of benzene rings is 1. The molecule has 1 aliphatic rings. The van der Waals surface area contributed by atoms with Crippen LogP contribution in [0.4, 0.5) is 5.69 Å². The lowest BCUT2D eigenvalue weighted by atomic mass is 10.3. The number of aryl methyl sites for hydroxylation is 2. The zero-order valence-corrected chi connectivity index (χ0v) is 15.5. The van der Waals surface area contributed by atoms with E-state index in [0.717, 1.165) is 0 Å². The third-order valence-electron chi connectivity index (χ3n) is 4.19. The van der Waals surface area contributed by atoms with Gasteiger partial charge in [0, 0.05) is 25.2 Å². The van der Waals surface area contributed by atoms with Gasteiger partial charge in [0.05, 0.1) is 18.9 Å². The van der Waals surface area contributed by atoms with Crippen LogP contribution in [0.15, 0.2) is 28.7 Å². The monoisotopic (exact) mass is 373 g/mol. The van der Waals surface area contributed by atoms with Crippen molar-refractivity contribution in [3.05, 3.63) is 41.6 Å². The lowest BCUT2D eigenvalue weighted by molar-refractivity contribution is -0.137. The van der Waals surface area contributed by atoms with Crippen molar-refractivity contribution in [1.29, 1.82) is 0 Å². The molecule has 3 rings (SSSR count). The second-order valence-electron chi connectivity index (χ2n) is 6.14. The van der Waals surface area contributed by atoms with Gasteiger partial charge >= 0.3 is 0 Å². The van der Waals surface area contributed by atoms with Crippen LogP contribution in [0.1, 0.15) is 29.1 Å². The number of carbonyl (C=O) groups is 2. The molecule has 2 amide bonds. The molecule has 8 heteroatoms. The topological polar surface area (TPSA) is 93.9 Å². The van der Waals surface area contributed by atoms with Crippen molar-refractivity contribution in [1.82, 2.24) is 9.88 Å². The zero-order valence-electron chi connectivity index (χ0n) is 15.5. The van der Waals surface area contributed by atoms with Crippen molar-refractivity contribution < 1.29 is 23.5 Å². The number of nitrogens with zero attached hydrogens (tertiary/aromatic N) is 2. The molecule has 8 nitrogen and oxygen atoms in total. The Balaban J connectivity index is 1.53. The van der Waals surface area contributed by atoms with Crippen LogP contribution in [0.2, 0.25) is 0 Å². The van der Waals surface area contributed by atoms with E-state index in [1.165, 1.54) is 0 Å². The molecule has 0 unspecified atom stereocenters. The fourth-order valence-electron chi connectivity index (χ4n) is 2.69. The molecule has 1 aromatic carbocycles. The summed E-state index contributed by atoms with van der Waals surface area (Å²) in [5.74, 6) is 0.882. The molecule has 27 heavy (non-hydrogen) atoms. The zero-order chi connectivity index (χ0) is 19.2. The van der Waals surface area contributed by atoms with Gasteiger partial charge in [-0.1, -0.05) is 6.92 Å². The molecule has 1 N–H and O–H groups in total. The highest BCUT2D eigenvalue weighted by atomic mass is 16.5. The maximum Gasteiger partial charge on any atom is 0.293 e. The summed E-state index contributed by atoms with van der Waals surface area (Å²) in [6, 6.07) is 6.82. The molecule has 0 bridgehead atoms. The number of carbonyl (C=O) groups excluding carboxylic acids is 2. The van der Waals surface area contributed by atoms with E-state index in [0.29, 0.717) is 55.7 Å². The molecule has 1 aromatic heterocycles. The Hall–Kier alpha value is -2.87. The van der Waals surface area contributed by atoms with Crippen LogP contribution in [-0.2, 0) is 16.0 Å². The smallest absolute Gasteiger partial charge is 0.293 e. The van der Waals surface area contributed by atoms with Crippen LogP contribution < -0.4 is 10.1 Å². The minimum atomic E-state index is -0.351. The van der Waals surface area contributed by atoms with Crippen molar-refractivity contribution >= 4 is 17.5 Å². The average Bonchev–Trinajstić information content (AvgIpc) is 3.09. The van der Waals surface area contributed by atoms with Crippen molar-refractivity contribution in [3.63, 3.8) is 0 Å². The molecular weight excluding hydrogens is 350 g/mol. The molecule has 0 radical (unpaired) electrons. The number of oxazole rings is 1. The van der Waals surface area contributed by atoms with E-state index < -0.39 is 0 Å². The molecular formula is C19H23N3O5. The number of hydrogen-bond donors (Lipinski definition) is 1. The van der Waals surface area contributed by atoms with Crippen LogP contribution in [0.25, 0.3) is 0 Å². The summed E-state index contributed by atoms with van der Waals surface area (Å²) in [7, 11) is 0. The first kappa shape index (κ1) is 18.9. The molecule has 1 saturated heterocycles. The van der Waals surface area contributed by atoms with Crippen LogP contribution in [0.3, 0.4) is 0 Å². The van der Waals surface area contributed by atoms with Crippen LogP contribution >= 0.6 is 0 Å². The Morgan fingerprint density at radius 1 is 1.22 bits per heavy atom. The first-order chi connectivity index (χ1) is 13.1. The number of rotatable bonds is 6. The number of aromatic nitrogens is 1. The number of morpholine rings is 1. The lowest BCUT2D eigenvalue weighted by Gasteiger charge is -2.26. The molecule has 0 spiro atoms. The van der Waals surface area contributed by atoms with Gasteiger partial charge in [0.1, 0.15) is 5.75 Å². The molecule has 1 aliphatic heterocycles. The highest BCUT2D eigenvalue weighted by molar-refractivity contribution is 6.02. The summed E-state index contributed by atoms with van der Waals surface area (Å²) >= 11 is 0. The second kappa shape index (κ2) is 8.68. The Bertz CT molecular complexity index is 794. The van der Waals surface area contributed by atoms with Crippen LogP contribution in [-0.4, -0.2) is 54.6 Å². The molecule has 2 aromatic rings. The molecule has 0 saturated carbocycles. The summed E-state index contributed by atoms with van der Waals surface area (Å²) in [5.41, 5.74) is 1.16. The number of ether oxygens (including phenoxy) is 2. The van der Waals surface area contributed by atoms with Gasteiger partial charge in [0.25, 0.3) is 11.8 Å². The standard InChI is InChI=1S/C19H23N3O5/c1-3-16-20-13(2)18(27-16)19(24)21-14-4-6-15(7-5-14)26-12-17(23)22-8-10-25-11-9-22/h4-7H,3,8-12H2,1-2H3,(H,21,24). The van der Waals surface area contributed by atoms with Crippen LogP contribution in [0, 0.1) is 6.92 Å². The largest absolute Gasteiger partial charge is 0.484 e. The molecule has 0 atom stereocenters. The quantitative estimate of drug-likeness (QED) is 0.833. The molecule has 1 fully saturated rings. The van der Waals surface area contributed by atoms with Gasteiger partial charge in [-0.05, 0) is 31.2 Å². The highest BCUT2D eigenvalue weighted by Gasteiger charge is 2.18. The summed E-state index contributed by atoms with van der Waals surface area (Å²) < 4.78 is 16.2. The fraction of sp³-hybridized carbons (Fsp3) is 0.421. The Kier molecular flexibility index (Phi) is 6.08. The molecule has 0 aliphatic carbocycles. The average molecular weight is 373 g/mol. The van der Waals surface area contributed by atoms with Crippen molar-refractivity contribution in [2.45, 2.75) is 20.3 Å². The summed E-state index contributed by atoms with van der Waals surface area (Å²) in [6.07, 6.45) is 0.628. The fourth-order valence-corrected chi connectivity index (χ4v) is 2.69. The van der Waals surface area contributed by atoms with Crippen LogP contribution in [0.5, 0.6) is 5.75 Å². The third-order valence-corrected chi connectivity index (χ3v) is 4.19. The second-order valence-corrected chi connectivity index (χ2v) is 6.14. The van der Waals surface area contributed by atoms with E-state index in [2.05, 4.69) is 10.3 Å². The third kappa shape index (κ3) is 4.85. The van der Waals surface area contributed by atoms with Crippen molar-refractivity contribution in [2.75, 3.05) is 38.2 Å². The maximum atomic E-state index is 12.3. The van der Waals surface area contributed by atoms with Gasteiger partial charge in [-0.3, -0.25) is 9.59 Å². The summed E-state index contributed by atoms with van der Waals surface area (Å²) in [4.78, 5) is 30.3. The first-order valence-electron chi connectivity index (χ1n) is 8.93. The minimum absolute atomic E-state index is 0.0250. The van der Waals surface area contributed by atoms with Gasteiger partial charge < -0.3 is 24.1 Å². The Labute approximate surface area is 157 Å². The lowest BCUT2D eigenvalue weighted by Crippen LogP contribution is -2.42. The number of amides is 2. The van der Waals surface area contributed by atoms with E-state index in [-0.39, 0.29) is 24.2 Å². The minimum Gasteiger partial charge on any atom is -0.484 e. The summed E-state index contributed by atoms with van der Waals surface area (Å²) in [6.45, 7) is 5.93. The van der Waals surface area contributed by atoms with E-state index in [9.17, 15) is 9.59 Å². The van der Waals surface area contributed by atoms with Gasteiger partial charge in [0.15, 0.2) is 12.5 Å². The highest BCUT2D eigenvalue weighted by Crippen LogP contribution is 2.18. The number of nitrogens with one attached hydrogen (secondary N) is 1. The first-order valence-corrected chi connectivity index (χ1v) is 8.93. The molecule has 2 heterocycles. The van der Waals surface area contributed by atoms with E-state index >= 15 is 0 Å². The van der Waals surface area contributed by atoms with Gasteiger partial charge in [-0.15, -0.1) is 0 Å². The summed E-state index contributed by atoms with van der Waals surface area (Å²) in [5, 5.41) is 2.76.